The van der Waals surface area contributed by atoms with Gasteiger partial charge in [0.25, 0.3) is 0 Å². The summed E-state index contributed by atoms with van der Waals surface area (Å²) in [5, 5.41) is 3.41. The molecule has 2 rings (SSSR count). The monoisotopic (exact) mass is 233 g/mol. The van der Waals surface area contributed by atoms with E-state index in [1.54, 1.807) is 0 Å². The van der Waals surface area contributed by atoms with Crippen LogP contribution in [-0.4, -0.2) is 24.1 Å². The smallest absolute Gasteiger partial charge is 0.128 e. The lowest BCUT2D eigenvalue weighted by molar-refractivity contribution is 0.581. The van der Waals surface area contributed by atoms with Gasteiger partial charge in [-0.1, -0.05) is 26.8 Å². The van der Waals surface area contributed by atoms with Crippen molar-refractivity contribution >= 4 is 5.82 Å². The summed E-state index contributed by atoms with van der Waals surface area (Å²) in [6.45, 7) is 9.78. The zero-order valence-electron chi connectivity index (χ0n) is 11.1. The number of rotatable bonds is 4. The average molecular weight is 233 g/mol. The summed E-state index contributed by atoms with van der Waals surface area (Å²) in [4.78, 5) is 7.12. The largest absolute Gasteiger partial charge is 0.356 e. The molecule has 3 nitrogen and oxygen atoms in total. The average Bonchev–Trinajstić information content (AvgIpc) is 2.74. The van der Waals surface area contributed by atoms with E-state index in [-0.39, 0.29) is 0 Å². The molecule has 2 heterocycles. The Labute approximate surface area is 104 Å². The van der Waals surface area contributed by atoms with Gasteiger partial charge in [0.1, 0.15) is 5.82 Å². The zero-order chi connectivity index (χ0) is 12.3. The molecule has 1 fully saturated rings. The van der Waals surface area contributed by atoms with Gasteiger partial charge in [-0.2, -0.15) is 0 Å². The summed E-state index contributed by atoms with van der Waals surface area (Å²) in [5.74, 6) is 1.94. The van der Waals surface area contributed by atoms with Crippen LogP contribution in [0.4, 0.5) is 5.82 Å². The van der Waals surface area contributed by atoms with Crippen molar-refractivity contribution in [2.24, 2.45) is 5.92 Å². The van der Waals surface area contributed by atoms with Gasteiger partial charge in [0.05, 0.1) is 5.69 Å². The molecule has 1 N–H and O–H groups in total. The molecule has 1 saturated heterocycles. The van der Waals surface area contributed by atoms with Gasteiger partial charge in [-0.3, -0.25) is 0 Å². The van der Waals surface area contributed by atoms with E-state index in [1.807, 2.05) is 0 Å². The molecule has 0 aliphatic carbocycles. The highest BCUT2D eigenvalue weighted by Crippen LogP contribution is 2.21. The van der Waals surface area contributed by atoms with Gasteiger partial charge in [-0.25, -0.2) is 4.98 Å². The van der Waals surface area contributed by atoms with E-state index in [0.717, 1.165) is 37.1 Å². The SMILES string of the molecule is CC1CCN(c2cccc(CNC(C)C)n2)C1. The van der Waals surface area contributed by atoms with Crippen LogP contribution in [0.2, 0.25) is 0 Å². The van der Waals surface area contributed by atoms with Crippen molar-refractivity contribution in [3.05, 3.63) is 23.9 Å². The molecular weight excluding hydrogens is 210 g/mol. The zero-order valence-corrected chi connectivity index (χ0v) is 11.1. The minimum atomic E-state index is 0.507. The van der Waals surface area contributed by atoms with E-state index in [1.165, 1.54) is 6.42 Å². The first-order valence-electron chi connectivity index (χ1n) is 6.59. The van der Waals surface area contributed by atoms with Crippen molar-refractivity contribution in [2.45, 2.75) is 39.8 Å². The predicted molar refractivity (Wildman–Crippen MR) is 72.2 cm³/mol. The summed E-state index contributed by atoms with van der Waals surface area (Å²) < 4.78 is 0. The van der Waals surface area contributed by atoms with Crippen LogP contribution in [0.1, 0.15) is 32.9 Å². The Kier molecular flexibility index (Phi) is 4.00. The van der Waals surface area contributed by atoms with Crippen LogP contribution in [0.3, 0.4) is 0 Å². The molecule has 1 aromatic heterocycles. The van der Waals surface area contributed by atoms with Gasteiger partial charge in [-0.05, 0) is 24.5 Å². The highest BCUT2D eigenvalue weighted by molar-refractivity contribution is 5.40. The number of aromatic nitrogens is 1. The van der Waals surface area contributed by atoms with E-state index >= 15 is 0 Å². The van der Waals surface area contributed by atoms with Crippen LogP contribution in [0.25, 0.3) is 0 Å². The second kappa shape index (κ2) is 5.50. The summed E-state index contributed by atoms with van der Waals surface area (Å²) in [7, 11) is 0. The van der Waals surface area contributed by atoms with E-state index in [2.05, 4.69) is 49.2 Å². The Morgan fingerprint density at radius 2 is 2.29 bits per heavy atom. The first kappa shape index (κ1) is 12.4. The maximum absolute atomic E-state index is 4.72. The lowest BCUT2D eigenvalue weighted by Gasteiger charge is -2.18. The molecule has 3 heteroatoms. The highest BCUT2D eigenvalue weighted by atomic mass is 15.2. The molecule has 1 unspecified atom stereocenters. The third-order valence-corrected chi connectivity index (χ3v) is 3.23. The van der Waals surface area contributed by atoms with Gasteiger partial charge < -0.3 is 10.2 Å². The number of nitrogens with one attached hydrogen (secondary N) is 1. The Bertz CT molecular complexity index is 362. The molecule has 0 radical (unpaired) electrons. The van der Waals surface area contributed by atoms with E-state index < -0.39 is 0 Å². The Morgan fingerprint density at radius 1 is 1.47 bits per heavy atom. The fourth-order valence-corrected chi connectivity index (χ4v) is 2.19. The van der Waals surface area contributed by atoms with Crippen molar-refractivity contribution in [2.75, 3.05) is 18.0 Å². The van der Waals surface area contributed by atoms with Gasteiger partial charge in [0, 0.05) is 25.7 Å². The second-order valence-electron chi connectivity index (χ2n) is 5.36. The fourth-order valence-electron chi connectivity index (χ4n) is 2.19. The van der Waals surface area contributed by atoms with E-state index in [0.29, 0.717) is 6.04 Å². The molecule has 0 bridgehead atoms. The number of hydrogen-bond donors (Lipinski definition) is 1. The van der Waals surface area contributed by atoms with Crippen LogP contribution >= 0.6 is 0 Å². The van der Waals surface area contributed by atoms with E-state index in [4.69, 9.17) is 4.98 Å². The van der Waals surface area contributed by atoms with Gasteiger partial charge >= 0.3 is 0 Å². The molecule has 1 aromatic rings. The molecular formula is C14H23N3. The van der Waals surface area contributed by atoms with Gasteiger partial charge in [-0.15, -0.1) is 0 Å². The Morgan fingerprint density at radius 3 is 2.94 bits per heavy atom. The topological polar surface area (TPSA) is 28.2 Å². The van der Waals surface area contributed by atoms with Crippen LogP contribution < -0.4 is 10.2 Å². The minimum Gasteiger partial charge on any atom is -0.356 e. The molecule has 1 atom stereocenters. The van der Waals surface area contributed by atoms with Crippen molar-refractivity contribution in [1.82, 2.24) is 10.3 Å². The molecule has 0 saturated carbocycles. The lowest BCUT2D eigenvalue weighted by atomic mass is 10.2. The molecule has 94 valence electrons. The summed E-state index contributed by atoms with van der Waals surface area (Å²) in [5.41, 5.74) is 1.13. The van der Waals surface area contributed by atoms with Crippen molar-refractivity contribution in [3.63, 3.8) is 0 Å². The second-order valence-corrected chi connectivity index (χ2v) is 5.36. The van der Waals surface area contributed by atoms with Crippen LogP contribution in [0.5, 0.6) is 0 Å². The minimum absolute atomic E-state index is 0.507. The number of hydrogen-bond acceptors (Lipinski definition) is 3. The third kappa shape index (κ3) is 3.43. The maximum Gasteiger partial charge on any atom is 0.128 e. The normalized spacial score (nSPS) is 20.2. The maximum atomic E-state index is 4.72. The number of pyridine rings is 1. The summed E-state index contributed by atoms with van der Waals surface area (Å²) in [6, 6.07) is 6.84. The lowest BCUT2D eigenvalue weighted by Crippen LogP contribution is -2.24. The Balaban J connectivity index is 2.01. The molecule has 0 spiro atoms. The predicted octanol–water partition coefficient (Wildman–Crippen LogP) is 2.43. The summed E-state index contributed by atoms with van der Waals surface area (Å²) >= 11 is 0. The highest BCUT2D eigenvalue weighted by Gasteiger charge is 2.19. The molecule has 1 aliphatic heterocycles. The van der Waals surface area contributed by atoms with Crippen molar-refractivity contribution in [3.8, 4) is 0 Å². The quantitative estimate of drug-likeness (QED) is 0.865. The number of nitrogens with zero attached hydrogens (tertiary/aromatic N) is 2. The fraction of sp³-hybridized carbons (Fsp3) is 0.643. The first-order valence-corrected chi connectivity index (χ1v) is 6.59. The molecule has 1 aliphatic rings. The van der Waals surface area contributed by atoms with Gasteiger partial charge in [0.15, 0.2) is 0 Å². The van der Waals surface area contributed by atoms with Gasteiger partial charge in [0.2, 0.25) is 0 Å². The first-order chi connectivity index (χ1) is 8.15. The van der Waals surface area contributed by atoms with Crippen LogP contribution in [0, 0.1) is 5.92 Å². The number of anilines is 1. The third-order valence-electron chi connectivity index (χ3n) is 3.23. The molecule has 0 amide bonds. The van der Waals surface area contributed by atoms with Crippen LogP contribution in [-0.2, 0) is 6.54 Å². The van der Waals surface area contributed by atoms with E-state index in [9.17, 15) is 0 Å². The molecule has 0 aromatic carbocycles. The van der Waals surface area contributed by atoms with Crippen LogP contribution in [0.15, 0.2) is 18.2 Å². The summed E-state index contributed by atoms with van der Waals surface area (Å²) in [6.07, 6.45) is 1.29. The van der Waals surface area contributed by atoms with Crippen molar-refractivity contribution in [1.29, 1.82) is 0 Å². The Hall–Kier alpha value is -1.09. The van der Waals surface area contributed by atoms with Crippen molar-refractivity contribution < 1.29 is 0 Å². The standard InChI is InChI=1S/C14H23N3/c1-11(2)15-9-13-5-4-6-14(16-13)17-8-7-12(3)10-17/h4-6,11-12,15H,7-10H2,1-3H3. The molecule has 17 heavy (non-hydrogen) atoms.